The van der Waals surface area contributed by atoms with Crippen LogP contribution in [0, 0.1) is 5.41 Å². The second kappa shape index (κ2) is 8.53. The highest BCUT2D eigenvalue weighted by atomic mass is 16.1. The predicted molar refractivity (Wildman–Crippen MR) is 142 cm³/mol. The Hall–Kier alpha value is -4.66. The number of H-pyrrole nitrogens is 2. The summed E-state index contributed by atoms with van der Waals surface area (Å²) in [6.07, 6.45) is 6.98. The zero-order valence-electron chi connectivity index (χ0n) is 19.8. The van der Waals surface area contributed by atoms with Crippen LogP contribution in [0.5, 0.6) is 0 Å². The molecule has 0 aliphatic heterocycles. The van der Waals surface area contributed by atoms with Crippen LogP contribution in [0.3, 0.4) is 0 Å². The first-order chi connectivity index (χ1) is 17.6. The van der Waals surface area contributed by atoms with Gasteiger partial charge in [0, 0.05) is 41.4 Å². The number of hydrogen-bond donors (Lipinski definition) is 5. The summed E-state index contributed by atoms with van der Waals surface area (Å²) in [5.41, 5.74) is 12.2. The highest BCUT2D eigenvalue weighted by molar-refractivity contribution is 6.13. The molecule has 9 heteroatoms. The van der Waals surface area contributed by atoms with Gasteiger partial charge in [-0.2, -0.15) is 5.10 Å². The van der Waals surface area contributed by atoms with Crippen LogP contribution in [-0.2, 0) is 0 Å². The highest BCUT2D eigenvalue weighted by Crippen LogP contribution is 2.39. The Morgan fingerprint density at radius 2 is 2.06 bits per heavy atom. The zero-order chi connectivity index (χ0) is 24.8. The van der Waals surface area contributed by atoms with Crippen LogP contribution in [-0.4, -0.2) is 43.3 Å². The quantitative estimate of drug-likeness (QED) is 0.165. The molecule has 1 saturated carbocycles. The summed E-state index contributed by atoms with van der Waals surface area (Å²) in [4.78, 5) is 24.7. The number of benzene rings is 2. The van der Waals surface area contributed by atoms with E-state index in [9.17, 15) is 4.79 Å². The van der Waals surface area contributed by atoms with E-state index in [2.05, 4.69) is 20.4 Å². The Kier molecular flexibility index (Phi) is 5.18. The predicted octanol–water partition coefficient (Wildman–Crippen LogP) is 4.52. The molecule has 0 atom stereocenters. The van der Waals surface area contributed by atoms with Crippen molar-refractivity contribution in [1.29, 1.82) is 5.41 Å². The van der Waals surface area contributed by atoms with Crippen molar-refractivity contribution in [3.05, 3.63) is 77.5 Å². The molecule has 1 aliphatic rings. The van der Waals surface area contributed by atoms with Gasteiger partial charge in [-0.25, -0.2) is 9.67 Å². The van der Waals surface area contributed by atoms with E-state index in [1.807, 2.05) is 55.6 Å². The Morgan fingerprint density at radius 3 is 2.83 bits per heavy atom. The molecular formula is C27H26N8O. The first kappa shape index (κ1) is 21.8. The molecule has 0 amide bonds. The molecule has 1 fully saturated rings. The molecule has 0 unspecified atom stereocenters. The molecule has 0 radical (unpaired) electrons. The third kappa shape index (κ3) is 3.74. The van der Waals surface area contributed by atoms with E-state index in [1.54, 1.807) is 4.68 Å². The molecule has 2 aromatic carbocycles. The lowest BCUT2D eigenvalue weighted by molar-refractivity contribution is 0.103. The number of anilines is 1. The number of nitrogen functional groups attached to an aromatic ring is 1. The van der Waals surface area contributed by atoms with Crippen molar-refractivity contribution in [2.24, 2.45) is 0 Å². The summed E-state index contributed by atoms with van der Waals surface area (Å²) in [6, 6.07) is 13.4. The monoisotopic (exact) mass is 478 g/mol. The fourth-order valence-electron chi connectivity index (χ4n) is 4.43. The maximum Gasteiger partial charge on any atom is 0.214 e. The summed E-state index contributed by atoms with van der Waals surface area (Å²) in [5, 5.41) is 16.1. The number of nitrogens with zero attached hydrogens (tertiary/aromatic N) is 3. The maximum atomic E-state index is 13.4. The van der Waals surface area contributed by atoms with Gasteiger partial charge in [-0.3, -0.25) is 4.79 Å². The van der Waals surface area contributed by atoms with Gasteiger partial charge in [0.05, 0.1) is 34.2 Å². The summed E-state index contributed by atoms with van der Waals surface area (Å²) in [6.45, 7) is 2.77. The van der Waals surface area contributed by atoms with E-state index in [4.69, 9.17) is 16.1 Å². The second-order valence-corrected chi connectivity index (χ2v) is 9.07. The number of imidazole rings is 1. The van der Waals surface area contributed by atoms with Crippen molar-refractivity contribution >= 4 is 45.3 Å². The molecular weight excluding hydrogens is 452 g/mol. The first-order valence-corrected chi connectivity index (χ1v) is 12.0. The standard InChI is InChI=1S/C27H26N8O/c1-2-30-13-18(12-28)16-5-6-17-10-24(32-22(17)9-16)25(36)20-14-31-35(26(20)29)19-7-8-21-23(11-19)34-27(33-21)15-3-4-15/h5-15,28,30,32H,2-4,29H2,1H3,(H,33,34)/b18-13+,28-12?. The molecule has 0 spiro atoms. The number of allylic oxidation sites excluding steroid dienone is 1. The minimum absolute atomic E-state index is 0.233. The molecule has 0 bridgehead atoms. The molecule has 3 aromatic heterocycles. The van der Waals surface area contributed by atoms with E-state index in [1.165, 1.54) is 25.3 Å². The van der Waals surface area contributed by atoms with Gasteiger partial charge >= 0.3 is 0 Å². The minimum Gasteiger partial charge on any atom is -0.391 e. The van der Waals surface area contributed by atoms with Crippen LogP contribution in [0.15, 0.2) is 54.9 Å². The van der Waals surface area contributed by atoms with Crippen LogP contribution < -0.4 is 11.1 Å². The van der Waals surface area contributed by atoms with E-state index >= 15 is 0 Å². The van der Waals surface area contributed by atoms with Crippen LogP contribution in [0.25, 0.3) is 33.2 Å². The van der Waals surface area contributed by atoms with Gasteiger partial charge in [0.15, 0.2) is 0 Å². The molecule has 36 heavy (non-hydrogen) atoms. The summed E-state index contributed by atoms with van der Waals surface area (Å²) in [5.74, 6) is 1.60. The number of carbonyl (C=O) groups excluding carboxylic acids is 1. The van der Waals surface area contributed by atoms with E-state index in [0.717, 1.165) is 51.1 Å². The molecule has 6 N–H and O–H groups in total. The van der Waals surface area contributed by atoms with Crippen LogP contribution in [0.4, 0.5) is 5.82 Å². The number of nitrogens with one attached hydrogen (secondary N) is 4. The first-order valence-electron chi connectivity index (χ1n) is 12.0. The van der Waals surface area contributed by atoms with Gasteiger partial charge < -0.3 is 26.4 Å². The average Bonchev–Trinajstić information content (AvgIpc) is 3.33. The lowest BCUT2D eigenvalue weighted by atomic mass is 10.1. The third-order valence-electron chi connectivity index (χ3n) is 6.56. The van der Waals surface area contributed by atoms with Gasteiger partial charge in [0.25, 0.3) is 0 Å². The second-order valence-electron chi connectivity index (χ2n) is 9.07. The van der Waals surface area contributed by atoms with Crippen LogP contribution in [0.1, 0.15) is 53.1 Å². The molecule has 1 aliphatic carbocycles. The lowest BCUT2D eigenvalue weighted by Gasteiger charge is -2.05. The van der Waals surface area contributed by atoms with Crippen molar-refractivity contribution in [3.8, 4) is 5.69 Å². The molecule has 0 saturated heterocycles. The Labute approximate surface area is 206 Å². The van der Waals surface area contributed by atoms with Crippen molar-refractivity contribution in [1.82, 2.24) is 30.0 Å². The van der Waals surface area contributed by atoms with E-state index < -0.39 is 0 Å². The highest BCUT2D eigenvalue weighted by Gasteiger charge is 2.27. The number of rotatable bonds is 8. The number of fused-ring (bicyclic) bond motifs is 2. The minimum atomic E-state index is -0.233. The molecule has 5 aromatic rings. The van der Waals surface area contributed by atoms with Gasteiger partial charge in [-0.05, 0) is 55.7 Å². The topological polar surface area (TPSA) is 141 Å². The fourth-order valence-corrected chi connectivity index (χ4v) is 4.43. The largest absolute Gasteiger partial charge is 0.391 e. The smallest absolute Gasteiger partial charge is 0.214 e. The Morgan fingerprint density at radius 1 is 1.19 bits per heavy atom. The summed E-state index contributed by atoms with van der Waals surface area (Å²) in [7, 11) is 0. The molecule has 9 nitrogen and oxygen atoms in total. The van der Waals surface area contributed by atoms with Gasteiger partial charge in [-0.1, -0.05) is 12.1 Å². The average molecular weight is 479 g/mol. The number of carbonyl (C=O) groups is 1. The fraction of sp³-hybridized carbons (Fsp3) is 0.185. The number of aromatic amines is 2. The Balaban J connectivity index is 1.31. The molecule has 180 valence electrons. The number of ketones is 1. The zero-order valence-corrected chi connectivity index (χ0v) is 19.8. The van der Waals surface area contributed by atoms with Crippen LogP contribution >= 0.6 is 0 Å². The van der Waals surface area contributed by atoms with Crippen LogP contribution in [0.2, 0.25) is 0 Å². The van der Waals surface area contributed by atoms with Gasteiger partial charge in [-0.15, -0.1) is 0 Å². The van der Waals surface area contributed by atoms with E-state index in [-0.39, 0.29) is 11.6 Å². The lowest BCUT2D eigenvalue weighted by Crippen LogP contribution is -2.07. The maximum absolute atomic E-state index is 13.4. The normalized spacial score (nSPS) is 14.0. The molecule has 6 rings (SSSR count). The van der Waals surface area contributed by atoms with E-state index in [0.29, 0.717) is 17.2 Å². The van der Waals surface area contributed by atoms with Crippen molar-refractivity contribution in [3.63, 3.8) is 0 Å². The van der Waals surface area contributed by atoms with Crippen molar-refractivity contribution in [2.75, 3.05) is 12.3 Å². The van der Waals surface area contributed by atoms with Gasteiger partial charge in [0.1, 0.15) is 11.6 Å². The van der Waals surface area contributed by atoms with Gasteiger partial charge in [0.2, 0.25) is 5.78 Å². The number of hydrogen-bond acceptors (Lipinski definition) is 6. The van der Waals surface area contributed by atoms with Crippen molar-refractivity contribution in [2.45, 2.75) is 25.7 Å². The molecule has 3 heterocycles. The third-order valence-corrected chi connectivity index (χ3v) is 6.56. The van der Waals surface area contributed by atoms with Crippen molar-refractivity contribution < 1.29 is 4.79 Å². The summed E-state index contributed by atoms with van der Waals surface area (Å²) < 4.78 is 1.57. The summed E-state index contributed by atoms with van der Waals surface area (Å²) >= 11 is 0. The SMILES string of the molecule is CCN/C=C(\C=N)c1ccc2cc(C(=O)c3cnn(-c4ccc5[nH]c(C6CC6)nc5c4)c3N)[nH]c2c1. The number of aromatic nitrogens is 5. The Bertz CT molecular complexity index is 1660. The number of nitrogens with two attached hydrogens (primary N) is 1.